The number of ether oxygens (including phenoxy) is 1. The van der Waals surface area contributed by atoms with Crippen molar-refractivity contribution in [1.29, 1.82) is 0 Å². The van der Waals surface area contributed by atoms with E-state index in [1.165, 1.54) is 0 Å². The molecule has 66 valence electrons. The van der Waals surface area contributed by atoms with Gasteiger partial charge in [-0.05, 0) is 35.7 Å². The molecule has 0 atom stereocenters. The Balaban J connectivity index is 2.15. The number of thiophene rings is 1. The molecule has 2 aromatic rings. The fraction of sp³-hybridized carbons (Fsp3) is 0. The maximum atomic E-state index is 9.03. The zero-order valence-electron chi connectivity index (χ0n) is 6.81. The van der Waals surface area contributed by atoms with E-state index in [4.69, 9.17) is 9.84 Å². The Morgan fingerprint density at radius 2 is 1.77 bits per heavy atom. The van der Waals surface area contributed by atoms with Gasteiger partial charge in [0.05, 0.1) is 0 Å². The van der Waals surface area contributed by atoms with Crippen molar-refractivity contribution in [1.82, 2.24) is 0 Å². The average Bonchev–Trinajstić information content (AvgIpc) is 2.62. The van der Waals surface area contributed by atoms with Gasteiger partial charge in [-0.1, -0.05) is 0 Å². The number of phenols is 1. The number of hydrogen-bond acceptors (Lipinski definition) is 3. The molecule has 0 saturated carbocycles. The Bertz CT molecular complexity index is 364. The van der Waals surface area contributed by atoms with E-state index >= 15 is 0 Å². The summed E-state index contributed by atoms with van der Waals surface area (Å²) in [4.78, 5) is 0. The molecule has 0 fully saturated rings. The van der Waals surface area contributed by atoms with E-state index in [0.717, 1.165) is 11.5 Å². The Hall–Kier alpha value is -1.48. The van der Waals surface area contributed by atoms with Gasteiger partial charge in [-0.15, -0.1) is 11.3 Å². The van der Waals surface area contributed by atoms with Crippen LogP contribution in [0.4, 0.5) is 0 Å². The lowest BCUT2D eigenvalue weighted by Gasteiger charge is -2.01. The van der Waals surface area contributed by atoms with Crippen molar-refractivity contribution in [2.75, 3.05) is 0 Å². The maximum Gasteiger partial charge on any atom is 0.138 e. The van der Waals surface area contributed by atoms with Gasteiger partial charge in [-0.2, -0.15) is 0 Å². The summed E-state index contributed by atoms with van der Waals surface area (Å²) in [5.41, 5.74) is 0. The van der Waals surface area contributed by atoms with Gasteiger partial charge < -0.3 is 9.84 Å². The van der Waals surface area contributed by atoms with Crippen LogP contribution in [0, 0.1) is 0 Å². The Labute approximate surface area is 80.0 Å². The molecule has 0 amide bonds. The normalized spacial score (nSPS) is 9.85. The second kappa shape index (κ2) is 3.49. The van der Waals surface area contributed by atoms with E-state index in [9.17, 15) is 0 Å². The molecule has 2 nitrogen and oxygen atoms in total. The third kappa shape index (κ3) is 2.00. The molecule has 0 saturated heterocycles. The van der Waals surface area contributed by atoms with Gasteiger partial charge in [0.15, 0.2) is 0 Å². The van der Waals surface area contributed by atoms with Crippen LogP contribution in [0.25, 0.3) is 0 Å². The second-order valence-corrected chi connectivity index (χ2v) is 3.34. The number of benzene rings is 1. The molecule has 0 bridgehead atoms. The molecule has 1 aromatic heterocycles. The van der Waals surface area contributed by atoms with Crippen LogP contribution in [0.5, 0.6) is 17.2 Å². The molecule has 1 heterocycles. The molecule has 0 unspecified atom stereocenters. The summed E-state index contributed by atoms with van der Waals surface area (Å²) < 4.78 is 5.47. The zero-order valence-corrected chi connectivity index (χ0v) is 7.62. The van der Waals surface area contributed by atoms with E-state index < -0.39 is 0 Å². The lowest BCUT2D eigenvalue weighted by Crippen LogP contribution is -1.79. The van der Waals surface area contributed by atoms with E-state index in [-0.39, 0.29) is 5.75 Å². The third-order valence-corrected chi connectivity index (χ3v) is 2.23. The Kier molecular flexibility index (Phi) is 2.19. The SMILES string of the molecule is Oc1ccc(Oc2ccsc2)cc1. The zero-order chi connectivity index (χ0) is 9.10. The topological polar surface area (TPSA) is 29.5 Å². The largest absolute Gasteiger partial charge is 0.508 e. The molecule has 0 radical (unpaired) electrons. The van der Waals surface area contributed by atoms with Crippen LogP contribution in [0.1, 0.15) is 0 Å². The van der Waals surface area contributed by atoms with Crippen LogP contribution < -0.4 is 4.74 Å². The van der Waals surface area contributed by atoms with Crippen LogP contribution in [-0.4, -0.2) is 5.11 Å². The van der Waals surface area contributed by atoms with Gasteiger partial charge in [-0.25, -0.2) is 0 Å². The van der Waals surface area contributed by atoms with Gasteiger partial charge in [0.2, 0.25) is 0 Å². The third-order valence-electron chi connectivity index (χ3n) is 1.57. The van der Waals surface area contributed by atoms with Crippen molar-refractivity contribution in [2.45, 2.75) is 0 Å². The predicted molar refractivity (Wildman–Crippen MR) is 52.5 cm³/mol. The van der Waals surface area contributed by atoms with Gasteiger partial charge in [0.25, 0.3) is 0 Å². The summed E-state index contributed by atoms with van der Waals surface area (Å²) in [5.74, 6) is 1.81. The minimum absolute atomic E-state index is 0.248. The summed E-state index contributed by atoms with van der Waals surface area (Å²) >= 11 is 1.59. The monoisotopic (exact) mass is 192 g/mol. The van der Waals surface area contributed by atoms with Crippen LogP contribution in [0.3, 0.4) is 0 Å². The fourth-order valence-corrected chi connectivity index (χ4v) is 1.51. The highest BCUT2D eigenvalue weighted by molar-refractivity contribution is 7.08. The molecule has 0 aliphatic heterocycles. The lowest BCUT2D eigenvalue weighted by atomic mass is 10.3. The van der Waals surface area contributed by atoms with E-state index in [0.29, 0.717) is 0 Å². The van der Waals surface area contributed by atoms with Crippen molar-refractivity contribution in [3.05, 3.63) is 41.1 Å². The van der Waals surface area contributed by atoms with Crippen LogP contribution in [0.2, 0.25) is 0 Å². The van der Waals surface area contributed by atoms with E-state index in [2.05, 4.69) is 0 Å². The smallest absolute Gasteiger partial charge is 0.138 e. The second-order valence-electron chi connectivity index (χ2n) is 2.56. The van der Waals surface area contributed by atoms with E-state index in [1.54, 1.807) is 35.6 Å². The molecule has 1 N–H and O–H groups in total. The first-order valence-electron chi connectivity index (χ1n) is 3.84. The van der Waals surface area contributed by atoms with Gasteiger partial charge in [0.1, 0.15) is 17.2 Å². The van der Waals surface area contributed by atoms with Crippen molar-refractivity contribution in [2.24, 2.45) is 0 Å². The molecule has 13 heavy (non-hydrogen) atoms. The summed E-state index contributed by atoms with van der Waals surface area (Å²) in [6.45, 7) is 0. The van der Waals surface area contributed by atoms with Crippen LogP contribution >= 0.6 is 11.3 Å². The van der Waals surface area contributed by atoms with Gasteiger partial charge >= 0.3 is 0 Å². The van der Waals surface area contributed by atoms with Crippen LogP contribution in [0.15, 0.2) is 41.1 Å². The van der Waals surface area contributed by atoms with Crippen LogP contribution in [-0.2, 0) is 0 Å². The Morgan fingerprint density at radius 1 is 1.00 bits per heavy atom. The summed E-state index contributed by atoms with van der Waals surface area (Å²) in [6, 6.07) is 8.56. The maximum absolute atomic E-state index is 9.03. The highest BCUT2D eigenvalue weighted by atomic mass is 32.1. The average molecular weight is 192 g/mol. The van der Waals surface area contributed by atoms with E-state index in [1.807, 2.05) is 16.8 Å². The molecule has 0 aliphatic rings. The molecule has 0 aliphatic carbocycles. The summed E-state index contributed by atoms with van der Waals surface area (Å²) in [5, 5.41) is 12.9. The number of phenolic OH excluding ortho intramolecular Hbond substituents is 1. The molecule has 0 spiro atoms. The highest BCUT2D eigenvalue weighted by Gasteiger charge is 1.96. The first-order chi connectivity index (χ1) is 6.34. The summed E-state index contributed by atoms with van der Waals surface area (Å²) in [7, 11) is 0. The first-order valence-corrected chi connectivity index (χ1v) is 4.78. The first kappa shape index (κ1) is 8.13. The summed E-state index contributed by atoms with van der Waals surface area (Å²) in [6.07, 6.45) is 0. The predicted octanol–water partition coefficient (Wildman–Crippen LogP) is 3.25. The number of aromatic hydroxyl groups is 1. The standard InChI is InChI=1S/C10H8O2S/c11-8-1-3-9(4-2-8)12-10-5-6-13-7-10/h1-7,11H. The van der Waals surface area contributed by atoms with Gasteiger partial charge in [0, 0.05) is 5.38 Å². The lowest BCUT2D eigenvalue weighted by molar-refractivity contribution is 0.465. The molecule has 3 heteroatoms. The van der Waals surface area contributed by atoms with Gasteiger partial charge in [-0.3, -0.25) is 0 Å². The number of hydrogen-bond donors (Lipinski definition) is 1. The van der Waals surface area contributed by atoms with Crippen molar-refractivity contribution in [3.8, 4) is 17.2 Å². The Morgan fingerprint density at radius 3 is 2.38 bits per heavy atom. The molecule has 2 rings (SSSR count). The minimum Gasteiger partial charge on any atom is -0.508 e. The number of rotatable bonds is 2. The van der Waals surface area contributed by atoms with Crippen molar-refractivity contribution in [3.63, 3.8) is 0 Å². The highest BCUT2D eigenvalue weighted by Crippen LogP contribution is 2.24. The fourth-order valence-electron chi connectivity index (χ4n) is 0.960. The molecule has 1 aromatic carbocycles. The minimum atomic E-state index is 0.248. The molecular weight excluding hydrogens is 184 g/mol. The molecular formula is C10H8O2S. The quantitative estimate of drug-likeness (QED) is 0.791. The van der Waals surface area contributed by atoms with Crippen molar-refractivity contribution < 1.29 is 9.84 Å². The van der Waals surface area contributed by atoms with Crippen molar-refractivity contribution >= 4 is 11.3 Å².